The first-order valence-electron chi connectivity index (χ1n) is 8.48. The van der Waals surface area contributed by atoms with Gasteiger partial charge in [0.2, 0.25) is 0 Å². The Bertz CT molecular complexity index is 1120. The number of nitrogens with zero attached hydrogens (tertiary/aromatic N) is 1. The first kappa shape index (κ1) is 17.9. The first-order chi connectivity index (χ1) is 13.0. The van der Waals surface area contributed by atoms with Crippen molar-refractivity contribution in [1.29, 1.82) is 0 Å². The standard InChI is InChI=1S/C19H16Cl2N4O2/c20-13-5-3-6-14(8-13)25-17-15(18(26)23-19(25)27)10-24(11-22-17)9-12-4-1-2-7-16(12)21/h1-8,22H,9-11H2,(H,23,26,27)/p+1. The molecule has 3 N–H and O–H groups in total. The summed E-state index contributed by atoms with van der Waals surface area (Å²) in [5.41, 5.74) is 1.27. The average Bonchev–Trinajstić information content (AvgIpc) is 2.64. The molecule has 3 aromatic rings. The van der Waals surface area contributed by atoms with E-state index >= 15 is 0 Å². The Kier molecular flexibility index (Phi) is 4.78. The molecule has 1 aliphatic rings. The molecule has 0 spiro atoms. The second kappa shape index (κ2) is 7.23. The molecule has 6 nitrogen and oxygen atoms in total. The van der Waals surface area contributed by atoms with Crippen LogP contribution in [0, 0.1) is 0 Å². The highest BCUT2D eigenvalue weighted by molar-refractivity contribution is 6.31. The van der Waals surface area contributed by atoms with Gasteiger partial charge in [-0.25, -0.2) is 9.36 Å². The minimum absolute atomic E-state index is 0.378. The first-order valence-corrected chi connectivity index (χ1v) is 9.23. The molecule has 0 fully saturated rings. The lowest BCUT2D eigenvalue weighted by Gasteiger charge is -2.28. The van der Waals surface area contributed by atoms with E-state index in [0.717, 1.165) is 10.5 Å². The van der Waals surface area contributed by atoms with E-state index in [2.05, 4.69) is 10.3 Å². The zero-order valence-electron chi connectivity index (χ0n) is 14.3. The molecule has 138 valence electrons. The third-order valence-electron chi connectivity index (χ3n) is 4.60. The molecule has 1 aliphatic heterocycles. The molecule has 0 saturated carbocycles. The lowest BCUT2D eigenvalue weighted by Crippen LogP contribution is -3.11. The number of hydrogen-bond acceptors (Lipinski definition) is 3. The fourth-order valence-corrected chi connectivity index (χ4v) is 3.73. The number of aromatic amines is 1. The van der Waals surface area contributed by atoms with Crippen molar-refractivity contribution in [1.82, 2.24) is 9.55 Å². The van der Waals surface area contributed by atoms with Crippen LogP contribution in [0.5, 0.6) is 0 Å². The average molecular weight is 404 g/mol. The van der Waals surface area contributed by atoms with Crippen LogP contribution in [0.3, 0.4) is 0 Å². The minimum atomic E-state index is -0.497. The molecule has 1 atom stereocenters. The van der Waals surface area contributed by atoms with Gasteiger partial charge in [-0.2, -0.15) is 0 Å². The predicted octanol–water partition coefficient (Wildman–Crippen LogP) is 1.80. The summed E-state index contributed by atoms with van der Waals surface area (Å²) in [5.74, 6) is 0.508. The van der Waals surface area contributed by atoms with E-state index in [9.17, 15) is 9.59 Å². The number of fused-ring (bicyclic) bond motifs is 1. The lowest BCUT2D eigenvalue weighted by molar-refractivity contribution is -0.926. The second-order valence-corrected chi connectivity index (χ2v) is 7.29. The molecule has 2 heterocycles. The number of aromatic nitrogens is 2. The molecule has 0 saturated heterocycles. The van der Waals surface area contributed by atoms with Crippen LogP contribution in [-0.2, 0) is 13.1 Å². The smallest absolute Gasteiger partial charge is 0.324 e. The number of H-pyrrole nitrogens is 1. The van der Waals surface area contributed by atoms with E-state index in [1.165, 1.54) is 4.57 Å². The summed E-state index contributed by atoms with van der Waals surface area (Å²) >= 11 is 12.3. The maximum Gasteiger partial charge on any atom is 0.334 e. The van der Waals surface area contributed by atoms with Gasteiger partial charge >= 0.3 is 5.69 Å². The van der Waals surface area contributed by atoms with Crippen molar-refractivity contribution in [3.63, 3.8) is 0 Å². The van der Waals surface area contributed by atoms with Crippen molar-refractivity contribution in [3.8, 4) is 5.69 Å². The fraction of sp³-hybridized carbons (Fsp3) is 0.158. The number of halogens is 2. The summed E-state index contributed by atoms with van der Waals surface area (Å²) in [6.45, 7) is 1.70. The Labute approximate surface area is 165 Å². The Morgan fingerprint density at radius 2 is 1.89 bits per heavy atom. The topological polar surface area (TPSA) is 71.3 Å². The third-order valence-corrected chi connectivity index (χ3v) is 5.21. The number of anilines is 1. The molecule has 4 rings (SSSR count). The van der Waals surface area contributed by atoms with E-state index in [-0.39, 0.29) is 5.56 Å². The molecule has 1 unspecified atom stereocenters. The van der Waals surface area contributed by atoms with Gasteiger partial charge in [-0.3, -0.25) is 9.78 Å². The van der Waals surface area contributed by atoms with Crippen LogP contribution in [0.15, 0.2) is 58.1 Å². The van der Waals surface area contributed by atoms with Crippen LogP contribution in [-0.4, -0.2) is 16.2 Å². The van der Waals surface area contributed by atoms with Crippen molar-refractivity contribution >= 4 is 29.0 Å². The number of nitrogens with one attached hydrogen (secondary N) is 3. The van der Waals surface area contributed by atoms with Crippen molar-refractivity contribution in [2.24, 2.45) is 0 Å². The second-order valence-electron chi connectivity index (χ2n) is 6.45. The fourth-order valence-electron chi connectivity index (χ4n) is 3.34. The van der Waals surface area contributed by atoms with Crippen molar-refractivity contribution in [3.05, 3.63) is 90.5 Å². The number of hydrogen-bond donors (Lipinski definition) is 3. The summed E-state index contributed by atoms with van der Waals surface area (Å²) in [6.07, 6.45) is 0. The highest BCUT2D eigenvalue weighted by atomic mass is 35.5. The molecule has 0 bridgehead atoms. The summed E-state index contributed by atoms with van der Waals surface area (Å²) in [5, 5.41) is 4.46. The van der Waals surface area contributed by atoms with Gasteiger partial charge in [-0.1, -0.05) is 47.5 Å². The summed E-state index contributed by atoms with van der Waals surface area (Å²) in [4.78, 5) is 28.4. The molecular weight excluding hydrogens is 387 g/mol. The van der Waals surface area contributed by atoms with Gasteiger partial charge < -0.3 is 10.2 Å². The van der Waals surface area contributed by atoms with Crippen LogP contribution in [0.1, 0.15) is 11.1 Å². The van der Waals surface area contributed by atoms with E-state index in [1.807, 2.05) is 24.3 Å². The summed E-state index contributed by atoms with van der Waals surface area (Å²) in [6, 6.07) is 14.6. The van der Waals surface area contributed by atoms with Crippen LogP contribution < -0.4 is 21.5 Å². The Hall–Kier alpha value is -2.54. The predicted molar refractivity (Wildman–Crippen MR) is 106 cm³/mol. The molecule has 27 heavy (non-hydrogen) atoms. The maximum absolute atomic E-state index is 12.4. The maximum atomic E-state index is 12.4. The molecule has 8 heteroatoms. The van der Waals surface area contributed by atoms with Gasteiger partial charge in [0.25, 0.3) is 5.56 Å². The van der Waals surface area contributed by atoms with Crippen LogP contribution >= 0.6 is 23.2 Å². The quantitative estimate of drug-likeness (QED) is 0.624. The van der Waals surface area contributed by atoms with E-state index in [0.29, 0.717) is 46.9 Å². The molecule has 0 amide bonds. The largest absolute Gasteiger partial charge is 0.334 e. The van der Waals surface area contributed by atoms with Crippen molar-refractivity contribution in [2.75, 3.05) is 12.0 Å². The summed E-state index contributed by atoms with van der Waals surface area (Å²) in [7, 11) is 0. The lowest BCUT2D eigenvalue weighted by atomic mass is 10.1. The molecule has 0 radical (unpaired) electrons. The van der Waals surface area contributed by atoms with Crippen molar-refractivity contribution in [2.45, 2.75) is 13.1 Å². The molecular formula is C19H17Cl2N4O2+. The minimum Gasteiger partial charge on any atom is -0.324 e. The van der Waals surface area contributed by atoms with Gasteiger partial charge in [0.15, 0.2) is 6.67 Å². The Balaban J connectivity index is 1.72. The number of benzene rings is 2. The normalized spacial score (nSPS) is 15.9. The highest BCUT2D eigenvalue weighted by Gasteiger charge is 2.26. The third kappa shape index (κ3) is 3.51. The molecule has 0 aliphatic carbocycles. The van der Waals surface area contributed by atoms with Crippen LogP contribution in [0.4, 0.5) is 5.82 Å². The van der Waals surface area contributed by atoms with Crippen LogP contribution in [0.2, 0.25) is 10.0 Å². The summed E-state index contributed by atoms with van der Waals surface area (Å²) < 4.78 is 1.45. The van der Waals surface area contributed by atoms with E-state index in [1.54, 1.807) is 24.3 Å². The Morgan fingerprint density at radius 3 is 2.67 bits per heavy atom. The van der Waals surface area contributed by atoms with Gasteiger partial charge in [0.1, 0.15) is 24.5 Å². The number of rotatable bonds is 3. The van der Waals surface area contributed by atoms with E-state index < -0.39 is 5.69 Å². The zero-order valence-corrected chi connectivity index (χ0v) is 15.8. The SMILES string of the molecule is O=c1[nH]c(=O)n(-c2cccc(Cl)c2)c2c1C[NH+](Cc1ccccc1Cl)CN2. The number of quaternary nitrogens is 1. The van der Waals surface area contributed by atoms with Crippen LogP contribution in [0.25, 0.3) is 5.69 Å². The molecule has 1 aromatic heterocycles. The molecule has 2 aromatic carbocycles. The van der Waals surface area contributed by atoms with Gasteiger partial charge in [-0.05, 0) is 24.3 Å². The van der Waals surface area contributed by atoms with Crippen molar-refractivity contribution < 1.29 is 4.90 Å². The monoisotopic (exact) mass is 403 g/mol. The van der Waals surface area contributed by atoms with E-state index in [4.69, 9.17) is 23.2 Å². The zero-order chi connectivity index (χ0) is 19.0. The Morgan fingerprint density at radius 1 is 1.07 bits per heavy atom. The van der Waals surface area contributed by atoms with Gasteiger partial charge in [0.05, 0.1) is 5.69 Å². The highest BCUT2D eigenvalue weighted by Crippen LogP contribution is 2.20. The van der Waals surface area contributed by atoms with Gasteiger partial charge in [-0.15, -0.1) is 0 Å². The van der Waals surface area contributed by atoms with Gasteiger partial charge in [0, 0.05) is 15.6 Å².